The van der Waals surface area contributed by atoms with Crippen LogP contribution in [0.1, 0.15) is 73.6 Å². The van der Waals surface area contributed by atoms with Gasteiger partial charge in [-0.15, -0.1) is 0 Å². The molecule has 10 nitrogen and oxygen atoms in total. The highest BCUT2D eigenvalue weighted by molar-refractivity contribution is 5.70. The number of ether oxygens (including phenoxy) is 4. The molecule has 0 aliphatic carbocycles. The Balaban J connectivity index is 1.74. The van der Waals surface area contributed by atoms with Gasteiger partial charge in [-0.3, -0.25) is 4.79 Å². The highest BCUT2D eigenvalue weighted by Gasteiger charge is 2.45. The van der Waals surface area contributed by atoms with E-state index < -0.39 is 36.0 Å². The summed E-state index contributed by atoms with van der Waals surface area (Å²) in [6.45, 7) is 14.5. The Morgan fingerprint density at radius 3 is 2.64 bits per heavy atom. The van der Waals surface area contributed by atoms with E-state index in [1.807, 2.05) is 58.9 Å². The number of aliphatic hydroxyl groups excluding tert-OH is 2. The predicted octanol–water partition coefficient (Wildman–Crippen LogP) is 4.15. The van der Waals surface area contributed by atoms with Gasteiger partial charge in [0.15, 0.2) is 6.10 Å². The number of piperazine rings is 1. The maximum absolute atomic E-state index is 13.1. The minimum absolute atomic E-state index is 0.108. The van der Waals surface area contributed by atoms with Crippen LogP contribution in [0.15, 0.2) is 36.0 Å². The lowest BCUT2D eigenvalue weighted by Crippen LogP contribution is -2.50. The number of esters is 1. The fourth-order valence-corrected chi connectivity index (χ4v) is 6.02. The van der Waals surface area contributed by atoms with Crippen LogP contribution >= 0.6 is 0 Å². The fourth-order valence-electron chi connectivity index (χ4n) is 6.02. The first-order valence-electron chi connectivity index (χ1n) is 16.3. The van der Waals surface area contributed by atoms with Crippen molar-refractivity contribution in [3.05, 3.63) is 36.0 Å². The molecule has 0 aromatic carbocycles. The molecule has 2 fully saturated rings. The van der Waals surface area contributed by atoms with E-state index in [0.717, 1.165) is 18.4 Å². The van der Waals surface area contributed by atoms with Gasteiger partial charge >= 0.3 is 12.1 Å². The summed E-state index contributed by atoms with van der Waals surface area (Å²) < 4.78 is 23.7. The van der Waals surface area contributed by atoms with Crippen LogP contribution in [-0.4, -0.2) is 103 Å². The number of rotatable bonds is 10. The van der Waals surface area contributed by atoms with Gasteiger partial charge in [-0.05, 0) is 57.1 Å². The Kier molecular flexibility index (Phi) is 13.9. The molecule has 0 spiro atoms. The molecular weight excluding hydrogens is 564 g/mol. The molecule has 0 aromatic rings. The predicted molar refractivity (Wildman–Crippen MR) is 169 cm³/mol. The van der Waals surface area contributed by atoms with Gasteiger partial charge in [0.05, 0.1) is 30.8 Å². The molecule has 3 heterocycles. The first-order chi connectivity index (χ1) is 20.9. The van der Waals surface area contributed by atoms with Crippen LogP contribution in [0, 0.1) is 17.8 Å². The van der Waals surface area contributed by atoms with Crippen molar-refractivity contribution in [2.24, 2.45) is 17.8 Å². The van der Waals surface area contributed by atoms with E-state index in [9.17, 15) is 19.8 Å². The lowest BCUT2D eigenvalue weighted by Gasteiger charge is -2.37. The van der Waals surface area contributed by atoms with E-state index in [2.05, 4.69) is 18.3 Å². The summed E-state index contributed by atoms with van der Waals surface area (Å²) in [6, 6.07) is 0. The summed E-state index contributed by atoms with van der Waals surface area (Å²) in [7, 11) is 1.57. The van der Waals surface area contributed by atoms with Crippen LogP contribution in [-0.2, 0) is 23.7 Å². The van der Waals surface area contributed by atoms with Crippen LogP contribution in [0.3, 0.4) is 0 Å². The number of aliphatic hydroxyl groups is 2. The number of allylic oxidation sites excluding steroid dienone is 3. The third-order valence-electron chi connectivity index (χ3n) is 9.39. The van der Waals surface area contributed by atoms with Gasteiger partial charge in [-0.1, -0.05) is 52.0 Å². The van der Waals surface area contributed by atoms with Crippen molar-refractivity contribution in [2.45, 2.75) is 116 Å². The molecule has 250 valence electrons. The minimum atomic E-state index is -0.916. The Bertz CT molecular complexity index is 1020. The van der Waals surface area contributed by atoms with Crippen molar-refractivity contribution in [1.29, 1.82) is 0 Å². The van der Waals surface area contributed by atoms with Gasteiger partial charge in [-0.25, -0.2) is 4.79 Å². The summed E-state index contributed by atoms with van der Waals surface area (Å²) >= 11 is 0. The molecule has 3 rings (SSSR count). The van der Waals surface area contributed by atoms with E-state index in [1.54, 1.807) is 12.0 Å². The maximum atomic E-state index is 13.1. The average molecular weight is 621 g/mol. The number of carbonyl (C=O) groups excluding carboxylic acids is 2. The number of amides is 1. The third kappa shape index (κ3) is 10.4. The molecule has 3 aliphatic rings. The molecule has 10 heteroatoms. The van der Waals surface area contributed by atoms with Crippen LogP contribution in [0.4, 0.5) is 4.79 Å². The van der Waals surface area contributed by atoms with E-state index in [0.29, 0.717) is 32.6 Å². The van der Waals surface area contributed by atoms with E-state index in [-0.39, 0.29) is 48.9 Å². The number of carbonyl (C=O) groups is 2. The number of hydrogen-bond acceptors (Lipinski definition) is 9. The lowest BCUT2D eigenvalue weighted by atomic mass is 9.88. The second-order valence-electron chi connectivity index (χ2n) is 13.1. The van der Waals surface area contributed by atoms with E-state index >= 15 is 0 Å². The molecular formula is C34H56N2O8. The highest BCUT2D eigenvalue weighted by Crippen LogP contribution is 2.36. The molecule has 3 N–H and O–H groups in total. The Morgan fingerprint density at radius 2 is 1.98 bits per heavy atom. The van der Waals surface area contributed by atoms with Crippen LogP contribution in [0.2, 0.25) is 0 Å². The molecule has 0 radical (unpaired) electrons. The average Bonchev–Trinajstić information content (AvgIpc) is 3.78. The second-order valence-corrected chi connectivity index (χ2v) is 13.1. The Hall–Kier alpha value is -2.24. The highest BCUT2D eigenvalue weighted by atomic mass is 16.6. The number of nitrogens with one attached hydrogen (secondary N) is 1. The van der Waals surface area contributed by atoms with Gasteiger partial charge in [0, 0.05) is 45.1 Å². The first-order valence-corrected chi connectivity index (χ1v) is 16.3. The van der Waals surface area contributed by atoms with Crippen molar-refractivity contribution in [2.75, 3.05) is 33.3 Å². The van der Waals surface area contributed by atoms with Crippen molar-refractivity contribution < 1.29 is 38.7 Å². The number of methoxy groups -OCH3 is 1. The summed E-state index contributed by atoms with van der Waals surface area (Å²) in [6.07, 6.45) is 9.25. The van der Waals surface area contributed by atoms with E-state index in [4.69, 9.17) is 18.9 Å². The zero-order chi connectivity index (χ0) is 32.4. The first kappa shape index (κ1) is 36.2. The largest absolute Gasteiger partial charge is 0.457 e. The van der Waals surface area contributed by atoms with Crippen molar-refractivity contribution in [1.82, 2.24) is 10.2 Å². The molecule has 0 unspecified atom stereocenters. The number of cyclic esters (lactones) is 1. The van der Waals surface area contributed by atoms with Gasteiger partial charge in [0.1, 0.15) is 11.7 Å². The van der Waals surface area contributed by atoms with Gasteiger partial charge in [0.2, 0.25) is 0 Å². The van der Waals surface area contributed by atoms with Crippen LogP contribution < -0.4 is 5.32 Å². The second kappa shape index (κ2) is 16.9. The molecule has 0 saturated carbocycles. The van der Waals surface area contributed by atoms with Crippen molar-refractivity contribution >= 4 is 12.1 Å². The molecule has 1 amide bonds. The SMILES string of the molecule is CC[C@H](O)[C@@H](C)[C@H]1O[C@@H]1C[C@H](C)/C=C/C=C(\C)[C@H]1OC(=O)C[C@H](O)CC[C@@](C)(OC)[C@@H](OC(=O)N2CCNCC2)/C=C/[C@@H]1C. The zero-order valence-electron chi connectivity index (χ0n) is 27.7. The van der Waals surface area contributed by atoms with Gasteiger partial charge in [0.25, 0.3) is 0 Å². The quantitative estimate of drug-likeness (QED) is 0.143. The summed E-state index contributed by atoms with van der Waals surface area (Å²) in [5.74, 6) is -0.316. The number of nitrogens with zero attached hydrogens (tertiary/aromatic N) is 1. The molecule has 0 bridgehead atoms. The van der Waals surface area contributed by atoms with Crippen molar-refractivity contribution in [3.8, 4) is 0 Å². The minimum Gasteiger partial charge on any atom is -0.457 e. The zero-order valence-corrected chi connectivity index (χ0v) is 27.7. The molecule has 2 saturated heterocycles. The molecule has 0 aromatic heterocycles. The molecule has 3 aliphatic heterocycles. The third-order valence-corrected chi connectivity index (χ3v) is 9.39. The van der Waals surface area contributed by atoms with E-state index in [1.165, 1.54) is 0 Å². The van der Waals surface area contributed by atoms with Gasteiger partial charge in [-0.2, -0.15) is 0 Å². The molecule has 44 heavy (non-hydrogen) atoms. The topological polar surface area (TPSA) is 130 Å². The number of epoxide rings is 1. The Morgan fingerprint density at radius 1 is 1.27 bits per heavy atom. The van der Waals surface area contributed by atoms with Crippen LogP contribution in [0.25, 0.3) is 0 Å². The van der Waals surface area contributed by atoms with Gasteiger partial charge < -0.3 is 39.4 Å². The van der Waals surface area contributed by atoms with Crippen molar-refractivity contribution in [3.63, 3.8) is 0 Å². The monoisotopic (exact) mass is 620 g/mol. The van der Waals surface area contributed by atoms with Crippen LogP contribution in [0.5, 0.6) is 0 Å². The Labute approximate surface area is 263 Å². The summed E-state index contributed by atoms with van der Waals surface area (Å²) in [5, 5.41) is 24.0. The number of hydrogen-bond donors (Lipinski definition) is 3. The standard InChI is InChI=1S/C34H56N2O8/c1-8-27(38)25(5)32-28(42-32)20-22(2)10-9-11-23(3)31-24(4)12-13-29(43-33(40)36-18-16-35-17-19-36)34(6,41-7)15-14-26(37)21-30(39)44-31/h9-13,22,24-29,31-32,35,37-38H,8,14-21H2,1-7H3/b10-9+,13-12+,23-11+/t22-,24+,25-,26-,27+,28-,29+,31-,32-,34-/m1/s1. The normalized spacial score (nSPS) is 35.2. The fraction of sp³-hybridized carbons (Fsp3) is 0.765. The smallest absolute Gasteiger partial charge is 0.410 e. The lowest BCUT2D eigenvalue weighted by molar-refractivity contribution is -0.151. The summed E-state index contributed by atoms with van der Waals surface area (Å²) in [4.78, 5) is 27.6. The molecule has 10 atom stereocenters. The maximum Gasteiger partial charge on any atom is 0.410 e. The summed E-state index contributed by atoms with van der Waals surface area (Å²) in [5.41, 5.74) is -0.0467.